The van der Waals surface area contributed by atoms with E-state index in [1.54, 1.807) is 30.3 Å². The third kappa shape index (κ3) is 4.70. The molecule has 0 aliphatic heterocycles. The topological polar surface area (TPSA) is 72.8 Å². The number of carbonyl (C=O) groups is 2. The smallest absolute Gasteiger partial charge is 0.335 e. The molecule has 1 N–H and O–H groups in total. The van der Waals surface area contributed by atoms with Crippen LogP contribution in [0.25, 0.3) is 0 Å². The van der Waals surface area contributed by atoms with Crippen LogP contribution in [-0.4, -0.2) is 24.0 Å². The fourth-order valence-corrected chi connectivity index (χ4v) is 2.38. The standard InChI is InChI=1S/C20H20O5/c1-3-5-17-10-15(12-21)11-18(24-4-2)19(17)25-13-14-6-8-16(9-7-14)20(22)23/h3,6-12H,1,4-5,13H2,2H3,(H,22,23). The lowest BCUT2D eigenvalue weighted by Gasteiger charge is -2.16. The summed E-state index contributed by atoms with van der Waals surface area (Å²) in [5, 5.41) is 8.94. The van der Waals surface area contributed by atoms with Gasteiger partial charge in [-0.1, -0.05) is 18.2 Å². The number of ether oxygens (including phenoxy) is 2. The first-order valence-corrected chi connectivity index (χ1v) is 7.89. The van der Waals surface area contributed by atoms with E-state index >= 15 is 0 Å². The van der Waals surface area contributed by atoms with Gasteiger partial charge in [-0.15, -0.1) is 6.58 Å². The van der Waals surface area contributed by atoms with Crippen molar-refractivity contribution in [1.82, 2.24) is 0 Å². The van der Waals surface area contributed by atoms with Crippen molar-refractivity contribution in [2.75, 3.05) is 6.61 Å². The van der Waals surface area contributed by atoms with Crippen LogP contribution in [0.15, 0.2) is 49.1 Å². The minimum absolute atomic E-state index is 0.224. The second-order valence-electron chi connectivity index (χ2n) is 5.34. The van der Waals surface area contributed by atoms with Gasteiger partial charge in [-0.25, -0.2) is 4.79 Å². The van der Waals surface area contributed by atoms with Crippen molar-refractivity contribution in [3.05, 3.63) is 71.3 Å². The van der Waals surface area contributed by atoms with E-state index in [1.165, 1.54) is 12.1 Å². The van der Waals surface area contributed by atoms with E-state index in [0.717, 1.165) is 17.4 Å². The second kappa shape index (κ2) is 8.68. The zero-order valence-corrected chi connectivity index (χ0v) is 14.0. The summed E-state index contributed by atoms with van der Waals surface area (Å²) in [5.41, 5.74) is 2.38. The van der Waals surface area contributed by atoms with E-state index in [1.807, 2.05) is 6.92 Å². The molecule has 0 saturated carbocycles. The molecule has 0 amide bonds. The van der Waals surface area contributed by atoms with Crippen molar-refractivity contribution in [3.63, 3.8) is 0 Å². The molecule has 0 aliphatic rings. The number of hydrogen-bond donors (Lipinski definition) is 1. The summed E-state index contributed by atoms with van der Waals surface area (Å²) in [7, 11) is 0. The second-order valence-corrected chi connectivity index (χ2v) is 5.34. The molecule has 130 valence electrons. The molecule has 5 heteroatoms. The van der Waals surface area contributed by atoms with Crippen molar-refractivity contribution in [3.8, 4) is 11.5 Å². The normalized spacial score (nSPS) is 10.1. The number of aldehydes is 1. The number of rotatable bonds is 9. The number of carbonyl (C=O) groups excluding carboxylic acids is 1. The maximum Gasteiger partial charge on any atom is 0.335 e. The van der Waals surface area contributed by atoms with Gasteiger partial charge in [-0.2, -0.15) is 0 Å². The Hall–Kier alpha value is -3.08. The first-order chi connectivity index (χ1) is 12.1. The Morgan fingerprint density at radius 3 is 2.48 bits per heavy atom. The Morgan fingerprint density at radius 1 is 1.20 bits per heavy atom. The van der Waals surface area contributed by atoms with Gasteiger partial charge in [0, 0.05) is 11.1 Å². The van der Waals surface area contributed by atoms with Crippen LogP contribution in [0.3, 0.4) is 0 Å². The highest BCUT2D eigenvalue weighted by Gasteiger charge is 2.13. The van der Waals surface area contributed by atoms with Crippen molar-refractivity contribution in [1.29, 1.82) is 0 Å². The molecule has 0 saturated heterocycles. The monoisotopic (exact) mass is 340 g/mol. The summed E-state index contributed by atoms with van der Waals surface area (Å²) in [6.07, 6.45) is 3.03. The summed E-state index contributed by atoms with van der Waals surface area (Å²) in [6, 6.07) is 9.87. The summed E-state index contributed by atoms with van der Waals surface area (Å²) in [5.74, 6) is 0.101. The van der Waals surface area contributed by atoms with Crippen LogP contribution in [0, 0.1) is 0 Å². The number of carboxylic acids is 1. The van der Waals surface area contributed by atoms with Crippen LogP contribution in [0.5, 0.6) is 11.5 Å². The Labute approximate surface area is 146 Å². The van der Waals surface area contributed by atoms with Crippen LogP contribution >= 0.6 is 0 Å². The molecule has 0 bridgehead atoms. The first kappa shape index (κ1) is 18.3. The lowest BCUT2D eigenvalue weighted by atomic mass is 10.1. The zero-order valence-electron chi connectivity index (χ0n) is 14.0. The summed E-state index contributed by atoms with van der Waals surface area (Å²) in [6.45, 7) is 6.29. The highest BCUT2D eigenvalue weighted by atomic mass is 16.5. The maximum absolute atomic E-state index is 11.1. The number of allylic oxidation sites excluding steroid dienone is 1. The van der Waals surface area contributed by atoms with Crippen LogP contribution in [0.4, 0.5) is 0 Å². The van der Waals surface area contributed by atoms with Crippen molar-refractivity contribution < 1.29 is 24.2 Å². The molecule has 2 rings (SSSR count). The maximum atomic E-state index is 11.1. The van der Waals surface area contributed by atoms with Crippen LogP contribution in [0.2, 0.25) is 0 Å². The summed E-state index contributed by atoms with van der Waals surface area (Å²) >= 11 is 0. The Balaban J connectivity index is 2.28. The molecule has 0 radical (unpaired) electrons. The quantitative estimate of drug-likeness (QED) is 0.553. The lowest BCUT2D eigenvalue weighted by molar-refractivity contribution is 0.0696. The van der Waals surface area contributed by atoms with E-state index in [9.17, 15) is 9.59 Å². The van der Waals surface area contributed by atoms with E-state index in [0.29, 0.717) is 30.1 Å². The van der Waals surface area contributed by atoms with Gasteiger partial charge in [-0.05, 0) is 43.2 Å². The SMILES string of the molecule is C=CCc1cc(C=O)cc(OCC)c1OCc1ccc(C(=O)O)cc1. The van der Waals surface area contributed by atoms with Gasteiger partial charge in [0.25, 0.3) is 0 Å². The molecule has 0 aliphatic carbocycles. The molecule has 0 fully saturated rings. The van der Waals surface area contributed by atoms with Gasteiger partial charge >= 0.3 is 5.97 Å². The van der Waals surface area contributed by atoms with Gasteiger partial charge in [0.05, 0.1) is 12.2 Å². The molecule has 0 atom stereocenters. The lowest BCUT2D eigenvalue weighted by Crippen LogP contribution is -2.04. The molecule has 2 aromatic carbocycles. The van der Waals surface area contributed by atoms with E-state index in [-0.39, 0.29) is 12.2 Å². The first-order valence-electron chi connectivity index (χ1n) is 7.89. The fourth-order valence-electron chi connectivity index (χ4n) is 2.38. The minimum atomic E-state index is -0.969. The van der Waals surface area contributed by atoms with Crippen LogP contribution < -0.4 is 9.47 Å². The molecule has 0 heterocycles. The minimum Gasteiger partial charge on any atom is -0.490 e. The number of carboxylic acid groups (broad SMARTS) is 1. The number of hydrogen-bond acceptors (Lipinski definition) is 4. The molecule has 0 unspecified atom stereocenters. The van der Waals surface area contributed by atoms with Crippen molar-refractivity contribution >= 4 is 12.3 Å². The molecular weight excluding hydrogens is 320 g/mol. The highest BCUT2D eigenvalue weighted by molar-refractivity contribution is 5.87. The Bertz CT molecular complexity index is 762. The van der Waals surface area contributed by atoms with Crippen LogP contribution in [0.1, 0.15) is 38.8 Å². The third-order valence-electron chi connectivity index (χ3n) is 3.54. The molecule has 0 aromatic heterocycles. The van der Waals surface area contributed by atoms with Crippen molar-refractivity contribution in [2.24, 2.45) is 0 Å². The summed E-state index contributed by atoms with van der Waals surface area (Å²) < 4.78 is 11.5. The Kier molecular flexibility index (Phi) is 6.34. The number of benzene rings is 2. The van der Waals surface area contributed by atoms with Crippen molar-refractivity contribution in [2.45, 2.75) is 20.0 Å². The van der Waals surface area contributed by atoms with E-state index in [4.69, 9.17) is 14.6 Å². The third-order valence-corrected chi connectivity index (χ3v) is 3.54. The molecule has 5 nitrogen and oxygen atoms in total. The molecule has 2 aromatic rings. The highest BCUT2D eigenvalue weighted by Crippen LogP contribution is 2.34. The van der Waals surface area contributed by atoms with Gasteiger partial charge < -0.3 is 14.6 Å². The van der Waals surface area contributed by atoms with Gasteiger partial charge in [0.1, 0.15) is 12.9 Å². The fraction of sp³-hybridized carbons (Fsp3) is 0.200. The predicted molar refractivity (Wildman–Crippen MR) is 94.6 cm³/mol. The molecule has 25 heavy (non-hydrogen) atoms. The number of aromatic carboxylic acids is 1. The van der Waals surface area contributed by atoms with Gasteiger partial charge in [0.2, 0.25) is 0 Å². The van der Waals surface area contributed by atoms with Gasteiger partial charge in [-0.3, -0.25) is 4.79 Å². The predicted octanol–water partition coefficient (Wildman–Crippen LogP) is 3.90. The van der Waals surface area contributed by atoms with Crippen LogP contribution in [-0.2, 0) is 13.0 Å². The Morgan fingerprint density at radius 2 is 1.92 bits per heavy atom. The van der Waals surface area contributed by atoms with E-state index in [2.05, 4.69) is 6.58 Å². The largest absolute Gasteiger partial charge is 0.490 e. The summed E-state index contributed by atoms with van der Waals surface area (Å²) in [4.78, 5) is 22.0. The average molecular weight is 340 g/mol. The average Bonchev–Trinajstić information content (AvgIpc) is 2.61. The zero-order chi connectivity index (χ0) is 18.2. The molecule has 0 spiro atoms. The van der Waals surface area contributed by atoms with E-state index < -0.39 is 5.97 Å². The van der Waals surface area contributed by atoms with Gasteiger partial charge in [0.15, 0.2) is 11.5 Å². The molecular formula is C20H20O5.